The lowest BCUT2D eigenvalue weighted by atomic mass is 10.4. The average molecular weight is 250 g/mol. The Morgan fingerprint density at radius 1 is 1.28 bits per heavy atom. The van der Waals surface area contributed by atoms with Crippen molar-refractivity contribution in [3.05, 3.63) is 17.9 Å². The summed E-state index contributed by atoms with van der Waals surface area (Å²) in [6, 6.07) is 3.58. The van der Waals surface area contributed by atoms with Crippen LogP contribution in [-0.2, 0) is 11.3 Å². The maximum absolute atomic E-state index is 5.48. The minimum absolute atomic E-state index is 0.352. The number of aromatic nitrogens is 2. The van der Waals surface area contributed by atoms with Crippen LogP contribution in [-0.4, -0.2) is 36.4 Å². The van der Waals surface area contributed by atoms with Crippen molar-refractivity contribution in [2.24, 2.45) is 5.73 Å². The highest BCUT2D eigenvalue weighted by molar-refractivity contribution is 5.47. The molecule has 0 bridgehead atoms. The summed E-state index contributed by atoms with van der Waals surface area (Å²) < 4.78 is 15.9. The minimum atomic E-state index is 0.352. The Kier molecular flexibility index (Phi) is 2.99. The Balaban J connectivity index is 1.79. The van der Waals surface area contributed by atoms with Crippen molar-refractivity contribution < 1.29 is 13.7 Å². The maximum Gasteiger partial charge on any atom is 0.295 e. The number of anilines is 1. The fourth-order valence-electron chi connectivity index (χ4n) is 1.81. The van der Waals surface area contributed by atoms with Crippen LogP contribution in [0.5, 0.6) is 0 Å². The van der Waals surface area contributed by atoms with Crippen molar-refractivity contribution in [1.82, 2.24) is 10.1 Å². The van der Waals surface area contributed by atoms with E-state index in [1.807, 2.05) is 4.90 Å². The van der Waals surface area contributed by atoms with Crippen LogP contribution in [0.3, 0.4) is 0 Å². The van der Waals surface area contributed by atoms with Crippen LogP contribution in [0.15, 0.2) is 21.1 Å². The predicted molar refractivity (Wildman–Crippen MR) is 62.9 cm³/mol. The second-order valence-corrected chi connectivity index (χ2v) is 3.97. The molecule has 1 fully saturated rings. The van der Waals surface area contributed by atoms with Gasteiger partial charge in [0.2, 0.25) is 0 Å². The van der Waals surface area contributed by atoms with Crippen LogP contribution in [0, 0.1) is 0 Å². The van der Waals surface area contributed by atoms with E-state index in [1.165, 1.54) is 0 Å². The lowest BCUT2D eigenvalue weighted by Gasteiger charge is -2.24. The standard InChI is InChI=1S/C11H14N4O3/c12-7-8-1-2-9(17-8)10-13-11(14-18-10)15-3-5-16-6-4-15/h1-2H,3-7,12H2. The molecule has 0 atom stereocenters. The zero-order chi connectivity index (χ0) is 12.4. The van der Waals surface area contributed by atoms with E-state index in [9.17, 15) is 0 Å². The highest BCUT2D eigenvalue weighted by Crippen LogP contribution is 2.22. The largest absolute Gasteiger partial charge is 0.455 e. The van der Waals surface area contributed by atoms with E-state index in [0.29, 0.717) is 43.1 Å². The Hall–Kier alpha value is -1.86. The molecule has 96 valence electrons. The molecular formula is C11H14N4O3. The molecule has 0 unspecified atom stereocenters. The van der Waals surface area contributed by atoms with Gasteiger partial charge in [-0.15, -0.1) is 0 Å². The van der Waals surface area contributed by atoms with E-state index in [1.54, 1.807) is 12.1 Å². The SMILES string of the molecule is NCc1ccc(-c2nc(N3CCOCC3)no2)o1. The summed E-state index contributed by atoms with van der Waals surface area (Å²) in [4.78, 5) is 6.33. The van der Waals surface area contributed by atoms with E-state index < -0.39 is 0 Å². The summed E-state index contributed by atoms with van der Waals surface area (Å²) in [6.07, 6.45) is 0. The van der Waals surface area contributed by atoms with Gasteiger partial charge in [0.25, 0.3) is 11.8 Å². The first kappa shape index (κ1) is 11.2. The van der Waals surface area contributed by atoms with Gasteiger partial charge in [-0.25, -0.2) is 0 Å². The topological polar surface area (TPSA) is 90.5 Å². The molecule has 0 amide bonds. The number of nitrogens with zero attached hydrogens (tertiary/aromatic N) is 3. The average Bonchev–Trinajstić information content (AvgIpc) is 3.08. The summed E-state index contributed by atoms with van der Waals surface area (Å²) in [6.45, 7) is 3.25. The quantitative estimate of drug-likeness (QED) is 0.854. The van der Waals surface area contributed by atoms with Crippen LogP contribution in [0.2, 0.25) is 0 Å². The number of hydrogen-bond acceptors (Lipinski definition) is 7. The summed E-state index contributed by atoms with van der Waals surface area (Å²) in [7, 11) is 0. The smallest absolute Gasteiger partial charge is 0.295 e. The van der Waals surface area contributed by atoms with Crippen LogP contribution in [0.4, 0.5) is 5.95 Å². The Morgan fingerprint density at radius 2 is 2.11 bits per heavy atom. The highest BCUT2D eigenvalue weighted by Gasteiger charge is 2.19. The molecule has 0 saturated carbocycles. The second kappa shape index (κ2) is 4.79. The van der Waals surface area contributed by atoms with Gasteiger partial charge < -0.3 is 24.3 Å². The van der Waals surface area contributed by atoms with Gasteiger partial charge in [0, 0.05) is 13.1 Å². The Bertz CT molecular complexity index is 516. The van der Waals surface area contributed by atoms with E-state index in [4.69, 9.17) is 19.4 Å². The third-order valence-electron chi connectivity index (χ3n) is 2.78. The van der Waals surface area contributed by atoms with Gasteiger partial charge in [-0.2, -0.15) is 4.98 Å². The number of furan rings is 1. The molecule has 2 aromatic heterocycles. The highest BCUT2D eigenvalue weighted by atomic mass is 16.5. The molecule has 1 aliphatic heterocycles. The third kappa shape index (κ3) is 2.09. The Morgan fingerprint density at radius 3 is 2.83 bits per heavy atom. The molecule has 7 heteroatoms. The number of hydrogen-bond donors (Lipinski definition) is 1. The molecule has 7 nitrogen and oxygen atoms in total. The normalized spacial score (nSPS) is 16.2. The zero-order valence-electron chi connectivity index (χ0n) is 9.83. The third-order valence-corrected chi connectivity index (χ3v) is 2.78. The van der Waals surface area contributed by atoms with E-state index in [0.717, 1.165) is 13.1 Å². The summed E-state index contributed by atoms with van der Waals surface area (Å²) in [5.74, 6) is 2.17. The first-order chi connectivity index (χ1) is 8.86. The maximum atomic E-state index is 5.48. The summed E-state index contributed by atoms with van der Waals surface area (Å²) >= 11 is 0. The van der Waals surface area contributed by atoms with Gasteiger partial charge >= 0.3 is 0 Å². The first-order valence-electron chi connectivity index (χ1n) is 5.82. The molecule has 0 spiro atoms. The van der Waals surface area contributed by atoms with Gasteiger partial charge in [-0.3, -0.25) is 0 Å². The molecule has 0 radical (unpaired) electrons. The molecule has 1 saturated heterocycles. The van der Waals surface area contributed by atoms with Crippen molar-refractivity contribution in [3.8, 4) is 11.7 Å². The number of ether oxygens (including phenoxy) is 1. The molecule has 0 aliphatic carbocycles. The number of rotatable bonds is 3. The van der Waals surface area contributed by atoms with Crippen LogP contribution in [0.25, 0.3) is 11.7 Å². The fraction of sp³-hybridized carbons (Fsp3) is 0.455. The molecule has 3 rings (SSSR count). The first-order valence-corrected chi connectivity index (χ1v) is 5.82. The summed E-state index contributed by atoms with van der Waals surface area (Å²) in [5.41, 5.74) is 5.48. The predicted octanol–water partition coefficient (Wildman–Crippen LogP) is 0.625. The monoisotopic (exact) mass is 250 g/mol. The number of nitrogens with two attached hydrogens (primary N) is 1. The van der Waals surface area contributed by atoms with Crippen molar-refractivity contribution in [3.63, 3.8) is 0 Å². The Labute approximate surface area is 103 Å². The van der Waals surface area contributed by atoms with Crippen molar-refractivity contribution in [1.29, 1.82) is 0 Å². The molecule has 0 aromatic carbocycles. The zero-order valence-corrected chi connectivity index (χ0v) is 9.83. The second-order valence-electron chi connectivity index (χ2n) is 3.97. The molecule has 18 heavy (non-hydrogen) atoms. The van der Waals surface area contributed by atoms with Crippen LogP contribution >= 0.6 is 0 Å². The molecule has 2 aromatic rings. The van der Waals surface area contributed by atoms with Crippen molar-refractivity contribution in [2.75, 3.05) is 31.2 Å². The lowest BCUT2D eigenvalue weighted by molar-refractivity contribution is 0.121. The molecule has 1 aliphatic rings. The van der Waals surface area contributed by atoms with Crippen molar-refractivity contribution >= 4 is 5.95 Å². The minimum Gasteiger partial charge on any atom is -0.455 e. The molecule has 2 N–H and O–H groups in total. The fourth-order valence-corrected chi connectivity index (χ4v) is 1.81. The van der Waals surface area contributed by atoms with Gasteiger partial charge in [-0.05, 0) is 17.3 Å². The van der Waals surface area contributed by atoms with Gasteiger partial charge in [0.1, 0.15) is 5.76 Å². The van der Waals surface area contributed by atoms with Gasteiger partial charge in [0.15, 0.2) is 5.76 Å². The van der Waals surface area contributed by atoms with E-state index in [-0.39, 0.29) is 0 Å². The molecular weight excluding hydrogens is 236 g/mol. The van der Waals surface area contributed by atoms with Crippen LogP contribution in [0.1, 0.15) is 5.76 Å². The van der Waals surface area contributed by atoms with E-state index >= 15 is 0 Å². The van der Waals surface area contributed by atoms with Crippen molar-refractivity contribution in [2.45, 2.75) is 6.54 Å². The lowest BCUT2D eigenvalue weighted by Crippen LogP contribution is -2.36. The van der Waals surface area contributed by atoms with Crippen LogP contribution < -0.4 is 10.6 Å². The van der Waals surface area contributed by atoms with Gasteiger partial charge in [0.05, 0.1) is 19.8 Å². The molecule has 3 heterocycles. The van der Waals surface area contributed by atoms with Gasteiger partial charge in [-0.1, -0.05) is 0 Å². The number of morpholine rings is 1. The van der Waals surface area contributed by atoms with E-state index in [2.05, 4.69) is 10.1 Å². The summed E-state index contributed by atoms with van der Waals surface area (Å²) in [5, 5.41) is 3.94.